The number of esters is 1. The Bertz CT molecular complexity index is 282. The van der Waals surface area contributed by atoms with Crippen molar-refractivity contribution >= 4 is 5.97 Å². The van der Waals surface area contributed by atoms with Gasteiger partial charge in [-0.1, -0.05) is 5.21 Å². The van der Waals surface area contributed by atoms with Crippen LogP contribution in [-0.4, -0.2) is 28.1 Å². The van der Waals surface area contributed by atoms with Gasteiger partial charge in [0.25, 0.3) is 0 Å². The Balaban J connectivity index is 2.77. The van der Waals surface area contributed by atoms with Gasteiger partial charge in [-0.15, -0.1) is 5.10 Å². The number of hydrogen-bond donors (Lipinski definition) is 0. The Morgan fingerprint density at radius 3 is 2.83 bits per heavy atom. The molecular weight excluding hydrogens is 158 g/mol. The first-order valence-electron chi connectivity index (χ1n) is 3.61. The highest BCUT2D eigenvalue weighted by Gasteiger charge is 2.15. The molecule has 0 amide bonds. The maximum absolute atomic E-state index is 11.0. The van der Waals surface area contributed by atoms with Gasteiger partial charge in [-0.2, -0.15) is 0 Å². The molecule has 0 aliphatic rings. The second-order valence-corrected chi connectivity index (χ2v) is 2.54. The van der Waals surface area contributed by atoms with Gasteiger partial charge in [-0.05, 0) is 13.8 Å². The molecular formula is C7H11N3O2. The Labute approximate surface area is 70.3 Å². The van der Waals surface area contributed by atoms with E-state index in [9.17, 15) is 4.79 Å². The summed E-state index contributed by atoms with van der Waals surface area (Å²) >= 11 is 0. The second kappa shape index (κ2) is 3.34. The maximum atomic E-state index is 11.0. The summed E-state index contributed by atoms with van der Waals surface area (Å²) in [7, 11) is 1.35. The van der Waals surface area contributed by atoms with Crippen molar-refractivity contribution in [1.29, 1.82) is 0 Å². The highest BCUT2D eigenvalue weighted by atomic mass is 16.5. The minimum absolute atomic E-state index is 0.320. The number of carbonyl (C=O) groups is 1. The average Bonchev–Trinajstić information content (AvgIpc) is 2.49. The lowest BCUT2D eigenvalue weighted by atomic mass is 10.3. The summed E-state index contributed by atoms with van der Waals surface area (Å²) in [5.74, 6) is -0.320. The molecule has 1 aromatic heterocycles. The molecule has 0 spiro atoms. The number of ether oxygens (including phenoxy) is 1. The first kappa shape index (κ1) is 8.70. The summed E-state index contributed by atoms with van der Waals surface area (Å²) < 4.78 is 6.02. The Hall–Kier alpha value is -1.39. The predicted octanol–water partition coefficient (Wildman–Crippen LogP) is 0.321. The van der Waals surface area contributed by atoms with Crippen molar-refractivity contribution in [2.45, 2.75) is 19.9 Å². The number of aromatic nitrogens is 3. The average molecular weight is 169 g/mol. The summed E-state index contributed by atoms with van der Waals surface area (Å²) in [5, 5.41) is 7.51. The van der Waals surface area contributed by atoms with Gasteiger partial charge < -0.3 is 4.74 Å². The number of nitrogens with zero attached hydrogens (tertiary/aromatic N) is 3. The second-order valence-electron chi connectivity index (χ2n) is 2.54. The summed E-state index contributed by atoms with van der Waals surface area (Å²) in [6.07, 6.45) is 1.70. The minimum Gasteiger partial charge on any atom is -0.467 e. The lowest BCUT2D eigenvalue weighted by molar-refractivity contribution is -0.144. The third-order valence-corrected chi connectivity index (χ3v) is 1.56. The van der Waals surface area contributed by atoms with Crippen LogP contribution in [0.2, 0.25) is 0 Å². The highest BCUT2D eigenvalue weighted by Crippen LogP contribution is 2.05. The maximum Gasteiger partial charge on any atom is 0.330 e. The molecule has 0 N–H and O–H groups in total. The summed E-state index contributed by atoms with van der Waals surface area (Å²) in [4.78, 5) is 11.0. The lowest BCUT2D eigenvalue weighted by Crippen LogP contribution is -2.18. The van der Waals surface area contributed by atoms with E-state index < -0.39 is 6.04 Å². The van der Waals surface area contributed by atoms with Crippen molar-refractivity contribution in [3.63, 3.8) is 0 Å². The Kier molecular flexibility index (Phi) is 2.42. The number of rotatable bonds is 2. The van der Waals surface area contributed by atoms with Crippen molar-refractivity contribution < 1.29 is 9.53 Å². The molecule has 0 saturated carbocycles. The van der Waals surface area contributed by atoms with Crippen LogP contribution in [0.15, 0.2) is 6.20 Å². The smallest absolute Gasteiger partial charge is 0.330 e. The van der Waals surface area contributed by atoms with Crippen molar-refractivity contribution in [3.8, 4) is 0 Å². The van der Waals surface area contributed by atoms with Crippen LogP contribution in [0.25, 0.3) is 0 Å². The van der Waals surface area contributed by atoms with Gasteiger partial charge in [0.1, 0.15) is 6.04 Å². The fraction of sp³-hybridized carbons (Fsp3) is 0.571. The van der Waals surface area contributed by atoms with Crippen molar-refractivity contribution in [2.24, 2.45) is 0 Å². The van der Waals surface area contributed by atoms with Gasteiger partial charge in [0, 0.05) is 6.20 Å². The van der Waals surface area contributed by atoms with Gasteiger partial charge in [-0.3, -0.25) is 0 Å². The summed E-state index contributed by atoms with van der Waals surface area (Å²) in [6.45, 7) is 3.52. The van der Waals surface area contributed by atoms with E-state index in [1.54, 1.807) is 13.1 Å². The van der Waals surface area contributed by atoms with E-state index in [1.165, 1.54) is 11.8 Å². The monoisotopic (exact) mass is 169 g/mol. The molecule has 1 atom stereocenters. The van der Waals surface area contributed by atoms with Crippen LogP contribution in [0.4, 0.5) is 0 Å². The van der Waals surface area contributed by atoms with Crippen molar-refractivity contribution in [3.05, 3.63) is 11.9 Å². The first-order valence-corrected chi connectivity index (χ1v) is 3.61. The molecule has 0 radical (unpaired) electrons. The fourth-order valence-electron chi connectivity index (χ4n) is 0.833. The SMILES string of the molecule is COC(=O)C(C)n1cc(C)nn1. The molecule has 66 valence electrons. The van der Waals surface area contributed by atoms with E-state index in [-0.39, 0.29) is 5.97 Å². The third kappa shape index (κ3) is 1.61. The molecule has 5 nitrogen and oxygen atoms in total. The Morgan fingerprint density at radius 2 is 2.42 bits per heavy atom. The minimum atomic E-state index is -0.406. The lowest BCUT2D eigenvalue weighted by Gasteiger charge is -2.07. The van der Waals surface area contributed by atoms with E-state index in [0.29, 0.717) is 0 Å². The molecule has 0 aliphatic heterocycles. The van der Waals surface area contributed by atoms with Gasteiger partial charge in [0.05, 0.1) is 12.8 Å². The number of carbonyl (C=O) groups excluding carboxylic acids is 1. The molecule has 0 aromatic carbocycles. The van der Waals surface area contributed by atoms with Crippen LogP contribution in [0.1, 0.15) is 18.7 Å². The number of methoxy groups -OCH3 is 1. The van der Waals surface area contributed by atoms with Gasteiger partial charge in [0.2, 0.25) is 0 Å². The van der Waals surface area contributed by atoms with Crippen LogP contribution in [0, 0.1) is 6.92 Å². The zero-order valence-electron chi connectivity index (χ0n) is 7.31. The largest absolute Gasteiger partial charge is 0.467 e. The number of hydrogen-bond acceptors (Lipinski definition) is 4. The normalized spacial score (nSPS) is 12.6. The molecule has 1 rings (SSSR count). The first-order chi connectivity index (χ1) is 5.65. The molecule has 0 bridgehead atoms. The summed E-state index contributed by atoms with van der Waals surface area (Å²) in [5.41, 5.74) is 0.783. The van der Waals surface area contributed by atoms with Gasteiger partial charge in [-0.25, -0.2) is 9.48 Å². The number of aryl methyl sites for hydroxylation is 1. The summed E-state index contributed by atoms with van der Waals surface area (Å²) in [6, 6.07) is -0.406. The van der Waals surface area contributed by atoms with Crippen LogP contribution in [0.3, 0.4) is 0 Å². The van der Waals surface area contributed by atoms with Crippen LogP contribution in [-0.2, 0) is 9.53 Å². The molecule has 0 saturated heterocycles. The van der Waals surface area contributed by atoms with E-state index >= 15 is 0 Å². The molecule has 12 heavy (non-hydrogen) atoms. The molecule has 1 heterocycles. The Morgan fingerprint density at radius 1 is 1.75 bits per heavy atom. The standard InChI is InChI=1S/C7H11N3O2/c1-5-4-10(9-8-5)6(2)7(11)12-3/h4,6H,1-3H3. The van der Waals surface area contributed by atoms with Gasteiger partial charge >= 0.3 is 5.97 Å². The predicted molar refractivity (Wildman–Crippen MR) is 41.5 cm³/mol. The van der Waals surface area contributed by atoms with E-state index in [1.807, 2.05) is 6.92 Å². The molecule has 1 unspecified atom stereocenters. The van der Waals surface area contributed by atoms with Crippen molar-refractivity contribution in [1.82, 2.24) is 15.0 Å². The van der Waals surface area contributed by atoms with E-state index in [0.717, 1.165) is 5.69 Å². The molecule has 1 aromatic rings. The van der Waals surface area contributed by atoms with Gasteiger partial charge in [0.15, 0.2) is 0 Å². The van der Waals surface area contributed by atoms with E-state index in [2.05, 4.69) is 15.0 Å². The molecule has 5 heteroatoms. The highest BCUT2D eigenvalue weighted by molar-refractivity contribution is 5.73. The molecule has 0 fully saturated rings. The topological polar surface area (TPSA) is 57.0 Å². The van der Waals surface area contributed by atoms with Crippen LogP contribution in [0.5, 0.6) is 0 Å². The zero-order valence-corrected chi connectivity index (χ0v) is 7.31. The molecule has 0 aliphatic carbocycles. The quantitative estimate of drug-likeness (QED) is 0.598. The van der Waals surface area contributed by atoms with Crippen molar-refractivity contribution in [2.75, 3.05) is 7.11 Å². The van der Waals surface area contributed by atoms with E-state index in [4.69, 9.17) is 0 Å². The third-order valence-electron chi connectivity index (χ3n) is 1.56. The van der Waals surface area contributed by atoms with Crippen LogP contribution < -0.4 is 0 Å². The fourth-order valence-corrected chi connectivity index (χ4v) is 0.833. The van der Waals surface area contributed by atoms with Crippen LogP contribution >= 0.6 is 0 Å². The zero-order chi connectivity index (χ0) is 9.14.